The van der Waals surface area contributed by atoms with Gasteiger partial charge in [0.2, 0.25) is 5.95 Å². The van der Waals surface area contributed by atoms with E-state index in [0.29, 0.717) is 42.1 Å². The van der Waals surface area contributed by atoms with Crippen molar-refractivity contribution in [2.75, 3.05) is 38.8 Å². The monoisotopic (exact) mass is 474 g/mol. The van der Waals surface area contributed by atoms with Crippen LogP contribution in [0.5, 0.6) is 0 Å². The fraction of sp³-hybridized carbons (Fsp3) is 0.720. The van der Waals surface area contributed by atoms with Crippen LogP contribution in [-0.4, -0.2) is 67.4 Å². The maximum atomic E-state index is 14.7. The van der Waals surface area contributed by atoms with Gasteiger partial charge in [0.25, 0.3) is 0 Å². The van der Waals surface area contributed by atoms with Crippen molar-refractivity contribution in [1.82, 2.24) is 20.6 Å². The number of aliphatic imine (C=N–C) groups is 1. The van der Waals surface area contributed by atoms with E-state index in [9.17, 15) is 4.39 Å². The molecule has 0 bridgehead atoms. The third-order valence-corrected chi connectivity index (χ3v) is 6.99. The van der Waals surface area contributed by atoms with Crippen molar-refractivity contribution >= 4 is 11.8 Å². The summed E-state index contributed by atoms with van der Waals surface area (Å²) in [6.07, 6.45) is 12.1. The molecule has 1 aromatic rings. The van der Waals surface area contributed by atoms with E-state index in [1.165, 1.54) is 6.20 Å². The molecule has 1 saturated heterocycles. The number of aromatic nitrogens is 2. The maximum absolute atomic E-state index is 14.7. The molecule has 3 heterocycles. The van der Waals surface area contributed by atoms with E-state index in [1.54, 1.807) is 7.11 Å². The SMILES string of the molecule is COCC(C)NC1CCC(Nc2ncc(F)c(C3C=CNC(=NCC4CCOCC4)C3)n2)CC1. The van der Waals surface area contributed by atoms with Crippen LogP contribution in [0.4, 0.5) is 10.3 Å². The van der Waals surface area contributed by atoms with Gasteiger partial charge in [-0.3, -0.25) is 4.99 Å². The Balaban J connectivity index is 1.31. The molecule has 1 aromatic heterocycles. The number of halogens is 1. The van der Waals surface area contributed by atoms with Gasteiger partial charge in [0.15, 0.2) is 5.82 Å². The van der Waals surface area contributed by atoms with Gasteiger partial charge >= 0.3 is 0 Å². The van der Waals surface area contributed by atoms with Crippen molar-refractivity contribution in [3.05, 3.63) is 30.0 Å². The van der Waals surface area contributed by atoms with E-state index in [2.05, 4.69) is 32.8 Å². The van der Waals surface area contributed by atoms with Gasteiger partial charge in [-0.05, 0) is 57.6 Å². The lowest BCUT2D eigenvalue weighted by Gasteiger charge is -2.31. The Kier molecular flexibility index (Phi) is 9.24. The highest BCUT2D eigenvalue weighted by Crippen LogP contribution is 2.27. The van der Waals surface area contributed by atoms with Crippen molar-refractivity contribution in [2.45, 2.75) is 75.9 Å². The van der Waals surface area contributed by atoms with Crippen molar-refractivity contribution < 1.29 is 13.9 Å². The predicted octanol–water partition coefficient (Wildman–Crippen LogP) is 3.38. The quantitative estimate of drug-likeness (QED) is 0.505. The molecule has 9 heteroatoms. The molecule has 0 aromatic carbocycles. The minimum atomic E-state index is -0.370. The third kappa shape index (κ3) is 7.20. The predicted molar refractivity (Wildman–Crippen MR) is 132 cm³/mol. The zero-order valence-corrected chi connectivity index (χ0v) is 20.4. The van der Waals surface area contributed by atoms with E-state index in [4.69, 9.17) is 14.5 Å². The first-order valence-electron chi connectivity index (χ1n) is 12.7. The lowest BCUT2D eigenvalue weighted by atomic mass is 9.91. The summed E-state index contributed by atoms with van der Waals surface area (Å²) in [7, 11) is 1.73. The molecule has 3 N–H and O–H groups in total. The lowest BCUT2D eigenvalue weighted by Crippen LogP contribution is -2.43. The standard InChI is InChI=1S/C25H39FN6O2/c1-17(16-33-2)30-20-3-5-21(6-4-20)31-25-29-15-22(26)24(32-25)19-7-10-27-23(13-19)28-14-18-8-11-34-12-9-18/h7,10,15,17-21,30H,3-6,8-9,11-14,16H2,1-2H3,(H,27,28)(H,29,31,32). The molecular formula is C25H39FN6O2. The Labute approximate surface area is 202 Å². The summed E-state index contributed by atoms with van der Waals surface area (Å²) in [4.78, 5) is 13.6. The minimum Gasteiger partial charge on any atom is -0.383 e. The number of hydrogen-bond acceptors (Lipinski definition) is 7. The Morgan fingerprint density at radius 3 is 2.74 bits per heavy atom. The molecule has 8 nitrogen and oxygen atoms in total. The molecule has 1 aliphatic carbocycles. The first kappa shape index (κ1) is 25.0. The van der Waals surface area contributed by atoms with E-state index in [1.807, 2.05) is 12.3 Å². The Bertz CT molecular complexity index is 837. The summed E-state index contributed by atoms with van der Waals surface area (Å²) in [5.41, 5.74) is 0.428. The molecule has 0 spiro atoms. The Hall–Kier alpha value is -2.10. The smallest absolute Gasteiger partial charge is 0.223 e. The molecule has 188 valence electrons. The van der Waals surface area contributed by atoms with Crippen molar-refractivity contribution in [3.63, 3.8) is 0 Å². The minimum absolute atomic E-state index is 0.152. The molecule has 2 atom stereocenters. The summed E-state index contributed by atoms with van der Waals surface area (Å²) in [6, 6.07) is 1.16. The number of nitrogens with zero attached hydrogens (tertiary/aromatic N) is 3. The van der Waals surface area contributed by atoms with Gasteiger partial charge in [-0.15, -0.1) is 0 Å². The molecule has 2 fully saturated rings. The highest BCUT2D eigenvalue weighted by atomic mass is 19.1. The van der Waals surface area contributed by atoms with Gasteiger partial charge < -0.3 is 25.4 Å². The molecule has 0 amide bonds. The molecular weight excluding hydrogens is 435 g/mol. The zero-order valence-electron chi connectivity index (χ0n) is 20.4. The van der Waals surface area contributed by atoms with Crippen LogP contribution >= 0.6 is 0 Å². The third-order valence-electron chi connectivity index (χ3n) is 6.99. The van der Waals surface area contributed by atoms with Crippen LogP contribution in [0.3, 0.4) is 0 Å². The summed E-state index contributed by atoms with van der Waals surface area (Å²) in [6.45, 7) is 5.29. The molecule has 0 radical (unpaired) electrons. The first-order valence-corrected chi connectivity index (χ1v) is 12.7. The topological polar surface area (TPSA) is 92.7 Å². The summed E-state index contributed by atoms with van der Waals surface area (Å²) >= 11 is 0. The number of anilines is 1. The van der Waals surface area contributed by atoms with Crippen molar-refractivity contribution in [3.8, 4) is 0 Å². The van der Waals surface area contributed by atoms with Crippen LogP contribution < -0.4 is 16.0 Å². The number of ether oxygens (including phenoxy) is 2. The number of methoxy groups -OCH3 is 1. The number of amidine groups is 1. The maximum Gasteiger partial charge on any atom is 0.223 e. The van der Waals surface area contributed by atoms with Gasteiger partial charge in [0, 0.05) is 57.3 Å². The Morgan fingerprint density at radius 1 is 1.21 bits per heavy atom. The highest BCUT2D eigenvalue weighted by molar-refractivity contribution is 5.85. The normalized spacial score (nSPS) is 28.0. The van der Waals surface area contributed by atoms with Gasteiger partial charge in [-0.2, -0.15) is 0 Å². The van der Waals surface area contributed by atoms with E-state index < -0.39 is 0 Å². The second-order valence-electron chi connectivity index (χ2n) is 9.80. The van der Waals surface area contributed by atoms with Crippen LogP contribution in [0.1, 0.15) is 63.5 Å². The van der Waals surface area contributed by atoms with Crippen LogP contribution in [-0.2, 0) is 9.47 Å². The summed E-state index contributed by atoms with van der Waals surface area (Å²) in [5, 5.41) is 10.3. The van der Waals surface area contributed by atoms with Crippen molar-refractivity contribution in [1.29, 1.82) is 0 Å². The van der Waals surface area contributed by atoms with Gasteiger partial charge in [-0.1, -0.05) is 6.08 Å². The van der Waals surface area contributed by atoms with Gasteiger partial charge in [0.1, 0.15) is 5.84 Å². The fourth-order valence-corrected chi connectivity index (χ4v) is 5.06. The number of rotatable bonds is 9. The second kappa shape index (κ2) is 12.6. The molecule has 2 aliphatic heterocycles. The molecule has 2 unspecified atom stereocenters. The second-order valence-corrected chi connectivity index (χ2v) is 9.80. The average Bonchev–Trinajstić information content (AvgIpc) is 2.86. The molecule has 1 saturated carbocycles. The fourth-order valence-electron chi connectivity index (χ4n) is 5.06. The van der Waals surface area contributed by atoms with Crippen molar-refractivity contribution in [2.24, 2.45) is 10.9 Å². The first-order chi connectivity index (χ1) is 16.6. The number of allylic oxidation sites excluding steroid dienone is 1. The van der Waals surface area contributed by atoms with E-state index in [0.717, 1.165) is 70.7 Å². The van der Waals surface area contributed by atoms with Crippen LogP contribution in [0, 0.1) is 11.7 Å². The molecule has 3 aliphatic rings. The zero-order chi connectivity index (χ0) is 23.8. The van der Waals surface area contributed by atoms with Crippen LogP contribution in [0.15, 0.2) is 23.5 Å². The largest absolute Gasteiger partial charge is 0.383 e. The number of nitrogens with one attached hydrogen (secondary N) is 3. The average molecular weight is 475 g/mol. The summed E-state index contributed by atoms with van der Waals surface area (Å²) < 4.78 is 25.3. The lowest BCUT2D eigenvalue weighted by molar-refractivity contribution is 0.0689. The van der Waals surface area contributed by atoms with Gasteiger partial charge in [-0.25, -0.2) is 14.4 Å². The van der Waals surface area contributed by atoms with Crippen LogP contribution in [0.2, 0.25) is 0 Å². The number of hydrogen-bond donors (Lipinski definition) is 3. The van der Waals surface area contributed by atoms with Crippen LogP contribution in [0.25, 0.3) is 0 Å². The Morgan fingerprint density at radius 2 is 1.97 bits per heavy atom. The molecule has 34 heavy (non-hydrogen) atoms. The molecule has 4 rings (SSSR count). The van der Waals surface area contributed by atoms with Gasteiger partial charge in [0.05, 0.1) is 18.5 Å². The van der Waals surface area contributed by atoms with E-state index in [-0.39, 0.29) is 11.7 Å². The van der Waals surface area contributed by atoms with E-state index >= 15 is 0 Å². The highest BCUT2D eigenvalue weighted by Gasteiger charge is 2.25. The summed E-state index contributed by atoms with van der Waals surface area (Å²) in [5.74, 6) is 1.44.